The van der Waals surface area contributed by atoms with Gasteiger partial charge in [-0.25, -0.2) is 0 Å². The first-order valence-corrected chi connectivity index (χ1v) is 11.3. The Morgan fingerprint density at radius 3 is 2.31 bits per heavy atom. The number of hydrogen-bond donors (Lipinski definition) is 0. The van der Waals surface area contributed by atoms with E-state index in [0.29, 0.717) is 5.92 Å². The summed E-state index contributed by atoms with van der Waals surface area (Å²) in [6, 6.07) is 0.823. The normalized spacial score (nSPS) is 29.0. The zero-order valence-electron chi connectivity index (χ0n) is 17.5. The van der Waals surface area contributed by atoms with Crippen LogP contribution in [-0.2, 0) is 4.79 Å². The third kappa shape index (κ3) is 5.22. The largest absolute Gasteiger partial charge is 0.343 e. The summed E-state index contributed by atoms with van der Waals surface area (Å²) in [4.78, 5) is 19.2. The quantitative estimate of drug-likeness (QED) is 0.748. The molecule has 3 aliphatic rings. The molecule has 3 aliphatic heterocycles. The van der Waals surface area contributed by atoms with E-state index in [1.165, 1.54) is 77.7 Å². The van der Waals surface area contributed by atoms with Gasteiger partial charge in [-0.3, -0.25) is 4.79 Å². The van der Waals surface area contributed by atoms with E-state index < -0.39 is 0 Å². The smallest absolute Gasteiger partial charge is 0.219 e. The van der Waals surface area contributed by atoms with Crippen molar-refractivity contribution in [2.45, 2.75) is 71.8 Å². The average Bonchev–Trinajstić information content (AvgIpc) is 2.68. The molecule has 1 unspecified atom stereocenters. The lowest BCUT2D eigenvalue weighted by Crippen LogP contribution is -2.50. The van der Waals surface area contributed by atoms with Gasteiger partial charge in [-0.2, -0.15) is 0 Å². The minimum Gasteiger partial charge on any atom is -0.343 e. The molecule has 0 spiro atoms. The van der Waals surface area contributed by atoms with Crippen LogP contribution < -0.4 is 0 Å². The van der Waals surface area contributed by atoms with Gasteiger partial charge in [0.1, 0.15) is 0 Å². The molecule has 4 nitrogen and oxygen atoms in total. The van der Waals surface area contributed by atoms with E-state index in [0.717, 1.165) is 31.0 Å². The molecule has 1 amide bonds. The van der Waals surface area contributed by atoms with E-state index in [-0.39, 0.29) is 5.91 Å². The number of carbonyl (C=O) groups excluding carboxylic acids is 1. The molecule has 3 heterocycles. The fourth-order valence-corrected chi connectivity index (χ4v) is 5.52. The van der Waals surface area contributed by atoms with Crippen LogP contribution in [0.3, 0.4) is 0 Å². The minimum atomic E-state index is 0.259. The first kappa shape index (κ1) is 20.1. The van der Waals surface area contributed by atoms with Crippen LogP contribution in [0.2, 0.25) is 0 Å². The Bertz CT molecular complexity index is 439. The van der Waals surface area contributed by atoms with Crippen molar-refractivity contribution in [1.82, 2.24) is 14.7 Å². The highest BCUT2D eigenvalue weighted by Crippen LogP contribution is 2.30. The zero-order valence-corrected chi connectivity index (χ0v) is 17.5. The monoisotopic (exact) mass is 363 g/mol. The third-order valence-corrected chi connectivity index (χ3v) is 7.58. The Morgan fingerprint density at radius 2 is 1.69 bits per heavy atom. The summed E-state index contributed by atoms with van der Waals surface area (Å²) in [5, 5.41) is 0. The van der Waals surface area contributed by atoms with Gasteiger partial charge >= 0.3 is 0 Å². The fourth-order valence-electron chi connectivity index (χ4n) is 5.52. The lowest BCUT2D eigenvalue weighted by atomic mass is 9.83. The Balaban J connectivity index is 1.37. The molecule has 26 heavy (non-hydrogen) atoms. The summed E-state index contributed by atoms with van der Waals surface area (Å²) in [6.45, 7) is 14.8. The maximum absolute atomic E-state index is 11.6. The van der Waals surface area contributed by atoms with Crippen molar-refractivity contribution in [1.29, 1.82) is 0 Å². The predicted molar refractivity (Wildman–Crippen MR) is 108 cm³/mol. The van der Waals surface area contributed by atoms with Gasteiger partial charge in [0.15, 0.2) is 0 Å². The molecule has 0 saturated carbocycles. The third-order valence-electron chi connectivity index (χ3n) is 7.58. The van der Waals surface area contributed by atoms with Gasteiger partial charge in [0.25, 0.3) is 0 Å². The molecule has 3 rings (SSSR count). The molecule has 0 bridgehead atoms. The Kier molecular flexibility index (Phi) is 7.39. The molecule has 3 saturated heterocycles. The molecule has 3 fully saturated rings. The molecule has 150 valence electrons. The SMILES string of the molecule is CCC(C)C1CCN(C2CCN(C[C@@H]3CCCN(C(C)=O)C3)CC2)CC1. The standard InChI is InChI=1S/C22H41N3O/c1-4-18(2)21-7-14-24(15-8-21)22-9-12-23(13-10-22)16-20-6-5-11-25(17-20)19(3)26/h18,20-22H,4-17H2,1-3H3/t18?,20-/m0/s1. The van der Waals surface area contributed by atoms with E-state index >= 15 is 0 Å². The number of piperidine rings is 3. The van der Waals surface area contributed by atoms with Crippen LogP contribution in [0.25, 0.3) is 0 Å². The molecule has 4 heteroatoms. The molecule has 0 N–H and O–H groups in total. The number of rotatable bonds is 5. The van der Waals surface area contributed by atoms with Crippen molar-refractivity contribution >= 4 is 5.91 Å². The van der Waals surface area contributed by atoms with E-state index in [4.69, 9.17) is 0 Å². The first-order valence-electron chi connectivity index (χ1n) is 11.3. The summed E-state index contributed by atoms with van der Waals surface area (Å²) in [7, 11) is 0. The second kappa shape index (κ2) is 9.54. The summed E-state index contributed by atoms with van der Waals surface area (Å²) in [6.07, 6.45) is 9.34. The molecule has 0 aliphatic carbocycles. The van der Waals surface area contributed by atoms with Gasteiger partial charge in [-0.15, -0.1) is 0 Å². The summed E-state index contributed by atoms with van der Waals surface area (Å²) >= 11 is 0. The molecule has 0 aromatic carbocycles. The molecule has 0 radical (unpaired) electrons. The van der Waals surface area contributed by atoms with Crippen LogP contribution in [0.4, 0.5) is 0 Å². The fraction of sp³-hybridized carbons (Fsp3) is 0.955. The molecular formula is C22H41N3O. The lowest BCUT2D eigenvalue weighted by molar-refractivity contribution is -0.130. The highest BCUT2D eigenvalue weighted by Gasteiger charge is 2.31. The maximum atomic E-state index is 11.6. The maximum Gasteiger partial charge on any atom is 0.219 e. The summed E-state index contributed by atoms with van der Waals surface area (Å²) in [5.74, 6) is 2.82. The number of nitrogens with zero attached hydrogens (tertiary/aromatic N) is 3. The van der Waals surface area contributed by atoms with Crippen LogP contribution in [0.1, 0.15) is 65.7 Å². The van der Waals surface area contributed by atoms with Gasteiger partial charge in [-0.05, 0) is 82.5 Å². The van der Waals surface area contributed by atoms with Crippen molar-refractivity contribution in [3.8, 4) is 0 Å². The average molecular weight is 364 g/mol. The Morgan fingerprint density at radius 1 is 1.00 bits per heavy atom. The zero-order chi connectivity index (χ0) is 18.5. The van der Waals surface area contributed by atoms with Crippen LogP contribution in [0.5, 0.6) is 0 Å². The Labute approximate surface area is 161 Å². The predicted octanol–water partition coefficient (Wildman–Crippen LogP) is 3.47. The number of hydrogen-bond acceptors (Lipinski definition) is 3. The lowest BCUT2D eigenvalue weighted by Gasteiger charge is -2.43. The molecule has 2 atom stereocenters. The van der Waals surface area contributed by atoms with Crippen LogP contribution >= 0.6 is 0 Å². The van der Waals surface area contributed by atoms with Gasteiger partial charge in [-0.1, -0.05) is 20.3 Å². The number of carbonyl (C=O) groups is 1. The van der Waals surface area contributed by atoms with Crippen LogP contribution in [0, 0.1) is 17.8 Å². The van der Waals surface area contributed by atoms with Crippen molar-refractivity contribution in [3.63, 3.8) is 0 Å². The van der Waals surface area contributed by atoms with Crippen molar-refractivity contribution in [3.05, 3.63) is 0 Å². The van der Waals surface area contributed by atoms with Gasteiger partial charge < -0.3 is 14.7 Å². The van der Waals surface area contributed by atoms with Gasteiger partial charge in [0.2, 0.25) is 5.91 Å². The topological polar surface area (TPSA) is 26.8 Å². The molecule has 0 aromatic heterocycles. The van der Waals surface area contributed by atoms with Gasteiger partial charge in [0, 0.05) is 32.6 Å². The Hall–Kier alpha value is -0.610. The second-order valence-electron chi connectivity index (χ2n) is 9.26. The summed E-state index contributed by atoms with van der Waals surface area (Å²) in [5.41, 5.74) is 0. The highest BCUT2D eigenvalue weighted by molar-refractivity contribution is 5.73. The van der Waals surface area contributed by atoms with E-state index in [1.807, 2.05) is 0 Å². The second-order valence-corrected chi connectivity index (χ2v) is 9.26. The van der Waals surface area contributed by atoms with Gasteiger partial charge in [0.05, 0.1) is 0 Å². The molecular weight excluding hydrogens is 322 g/mol. The van der Waals surface area contributed by atoms with Crippen molar-refractivity contribution in [2.75, 3.05) is 45.8 Å². The van der Waals surface area contributed by atoms with E-state index in [9.17, 15) is 4.79 Å². The van der Waals surface area contributed by atoms with Crippen LogP contribution in [-0.4, -0.2) is 72.5 Å². The number of amides is 1. The summed E-state index contributed by atoms with van der Waals surface area (Å²) < 4.78 is 0. The van der Waals surface area contributed by atoms with E-state index in [1.54, 1.807) is 6.92 Å². The molecule has 0 aromatic rings. The van der Waals surface area contributed by atoms with Crippen LogP contribution in [0.15, 0.2) is 0 Å². The van der Waals surface area contributed by atoms with Crippen molar-refractivity contribution < 1.29 is 4.79 Å². The van der Waals surface area contributed by atoms with Crippen molar-refractivity contribution in [2.24, 2.45) is 17.8 Å². The number of likely N-dealkylation sites (tertiary alicyclic amines) is 3. The highest BCUT2D eigenvalue weighted by atomic mass is 16.2. The minimum absolute atomic E-state index is 0.259. The first-order chi connectivity index (χ1) is 12.6. The van der Waals surface area contributed by atoms with E-state index in [2.05, 4.69) is 28.5 Å².